The minimum absolute atomic E-state index is 0.0623. The summed E-state index contributed by atoms with van der Waals surface area (Å²) in [6.07, 6.45) is 1.76. The number of nitrogens with one attached hydrogen (secondary N) is 1. The molecule has 0 atom stereocenters. The molecule has 6 nitrogen and oxygen atoms in total. The van der Waals surface area contributed by atoms with Crippen molar-refractivity contribution in [2.75, 3.05) is 6.54 Å². The predicted molar refractivity (Wildman–Crippen MR) is 107 cm³/mol. The molecule has 0 aliphatic heterocycles. The lowest BCUT2D eigenvalue weighted by Gasteiger charge is -2.08. The summed E-state index contributed by atoms with van der Waals surface area (Å²) in [7, 11) is 0. The largest absolute Gasteiger partial charge is 0.354 e. The van der Waals surface area contributed by atoms with E-state index in [-0.39, 0.29) is 30.1 Å². The Balaban J connectivity index is 1.46. The van der Waals surface area contributed by atoms with Crippen LogP contribution in [-0.4, -0.2) is 27.8 Å². The lowest BCUT2D eigenvalue weighted by atomic mass is 10.1. The molecule has 0 bridgehead atoms. The summed E-state index contributed by atoms with van der Waals surface area (Å²) in [5.41, 5.74) is 1.92. The molecule has 3 aromatic rings. The molecule has 142 valence electrons. The molecule has 0 radical (unpaired) electrons. The Morgan fingerprint density at radius 2 is 1.61 bits per heavy atom. The summed E-state index contributed by atoms with van der Waals surface area (Å²) < 4.78 is 1.45. The Morgan fingerprint density at radius 3 is 2.29 bits per heavy atom. The molecular formula is C22H21N3O3. The first kappa shape index (κ1) is 19.2. The van der Waals surface area contributed by atoms with Crippen LogP contribution < -0.4 is 10.9 Å². The zero-order valence-corrected chi connectivity index (χ0v) is 15.4. The van der Waals surface area contributed by atoms with Crippen molar-refractivity contribution in [1.29, 1.82) is 0 Å². The van der Waals surface area contributed by atoms with E-state index < -0.39 is 0 Å². The average molecular weight is 375 g/mol. The van der Waals surface area contributed by atoms with E-state index in [1.807, 2.05) is 36.4 Å². The van der Waals surface area contributed by atoms with Gasteiger partial charge in [0.1, 0.15) is 0 Å². The third-order valence-electron chi connectivity index (χ3n) is 4.30. The quantitative estimate of drug-likeness (QED) is 0.614. The fourth-order valence-corrected chi connectivity index (χ4v) is 2.76. The molecule has 28 heavy (non-hydrogen) atoms. The Bertz CT molecular complexity index is 998. The first-order valence-electron chi connectivity index (χ1n) is 9.10. The highest BCUT2D eigenvalue weighted by Crippen LogP contribution is 2.13. The number of carbonyl (C=O) groups excluding carboxylic acids is 2. The Hall–Kier alpha value is -3.54. The molecule has 6 heteroatoms. The van der Waals surface area contributed by atoms with Gasteiger partial charge in [-0.05, 0) is 0 Å². The van der Waals surface area contributed by atoms with Crippen LogP contribution in [0.15, 0.2) is 77.9 Å². The lowest BCUT2D eigenvalue weighted by molar-refractivity contribution is -0.121. The summed E-state index contributed by atoms with van der Waals surface area (Å²) >= 11 is 0. The molecule has 2 aromatic carbocycles. The molecule has 0 aliphatic carbocycles. The van der Waals surface area contributed by atoms with E-state index >= 15 is 0 Å². The van der Waals surface area contributed by atoms with Crippen LogP contribution in [0.1, 0.15) is 23.2 Å². The van der Waals surface area contributed by atoms with Gasteiger partial charge in [-0.15, -0.1) is 0 Å². The van der Waals surface area contributed by atoms with Crippen molar-refractivity contribution in [3.8, 4) is 11.3 Å². The van der Waals surface area contributed by atoms with Crippen molar-refractivity contribution < 1.29 is 9.59 Å². The summed E-state index contributed by atoms with van der Waals surface area (Å²) in [4.78, 5) is 40.5. The van der Waals surface area contributed by atoms with Gasteiger partial charge in [0, 0.05) is 43.1 Å². The van der Waals surface area contributed by atoms with E-state index in [1.54, 1.807) is 24.3 Å². The number of hydrogen-bond acceptors (Lipinski definition) is 4. The standard InChI is InChI=1S/C22H21N3O3/c26-20(18-9-5-2-6-10-18)11-12-21(27)23-13-14-25-16-24-19(15-22(25)28)17-7-3-1-4-8-17/h1-10,15-16H,11-14H2,(H,23,27). The van der Waals surface area contributed by atoms with Gasteiger partial charge in [0.15, 0.2) is 5.78 Å². The van der Waals surface area contributed by atoms with Crippen LogP contribution in [-0.2, 0) is 11.3 Å². The van der Waals surface area contributed by atoms with Crippen molar-refractivity contribution in [2.24, 2.45) is 0 Å². The van der Waals surface area contributed by atoms with Crippen LogP contribution >= 0.6 is 0 Å². The fourth-order valence-electron chi connectivity index (χ4n) is 2.76. The van der Waals surface area contributed by atoms with Crippen LogP contribution in [0.2, 0.25) is 0 Å². The molecule has 0 spiro atoms. The predicted octanol–water partition coefficient (Wildman–Crippen LogP) is 2.69. The fraction of sp³-hybridized carbons (Fsp3) is 0.182. The van der Waals surface area contributed by atoms with Crippen molar-refractivity contribution >= 4 is 11.7 Å². The van der Waals surface area contributed by atoms with Gasteiger partial charge < -0.3 is 5.32 Å². The van der Waals surface area contributed by atoms with E-state index in [2.05, 4.69) is 10.3 Å². The first-order chi connectivity index (χ1) is 13.6. The van der Waals surface area contributed by atoms with Crippen LogP contribution in [0.4, 0.5) is 0 Å². The van der Waals surface area contributed by atoms with Crippen molar-refractivity contribution in [3.05, 3.63) is 89.0 Å². The second-order valence-corrected chi connectivity index (χ2v) is 6.31. The molecule has 0 fully saturated rings. The molecule has 0 aliphatic rings. The van der Waals surface area contributed by atoms with Crippen molar-refractivity contribution in [3.63, 3.8) is 0 Å². The zero-order valence-electron chi connectivity index (χ0n) is 15.4. The number of amides is 1. The Labute approximate surface area is 162 Å². The van der Waals surface area contributed by atoms with Crippen molar-refractivity contribution in [1.82, 2.24) is 14.9 Å². The van der Waals surface area contributed by atoms with Gasteiger partial charge in [-0.1, -0.05) is 60.7 Å². The van der Waals surface area contributed by atoms with Gasteiger partial charge in [0.05, 0.1) is 12.0 Å². The number of benzene rings is 2. The van der Waals surface area contributed by atoms with Crippen molar-refractivity contribution in [2.45, 2.75) is 19.4 Å². The maximum Gasteiger partial charge on any atom is 0.253 e. The number of nitrogens with zero attached hydrogens (tertiary/aromatic N) is 2. The SMILES string of the molecule is O=C(CCC(=O)c1ccccc1)NCCn1cnc(-c2ccccc2)cc1=O. The normalized spacial score (nSPS) is 10.4. The number of rotatable bonds is 8. The molecule has 1 aromatic heterocycles. The third kappa shape index (κ3) is 5.23. The summed E-state index contributed by atoms with van der Waals surface area (Å²) in [6.45, 7) is 0.615. The Morgan fingerprint density at radius 1 is 0.929 bits per heavy atom. The highest BCUT2D eigenvalue weighted by Gasteiger charge is 2.09. The highest BCUT2D eigenvalue weighted by atomic mass is 16.2. The van der Waals surface area contributed by atoms with Crippen LogP contribution in [0.25, 0.3) is 11.3 Å². The van der Waals surface area contributed by atoms with E-state index in [4.69, 9.17) is 0 Å². The van der Waals surface area contributed by atoms with Crippen LogP contribution in [0.3, 0.4) is 0 Å². The zero-order chi connectivity index (χ0) is 19.8. The van der Waals surface area contributed by atoms with Crippen LogP contribution in [0, 0.1) is 0 Å². The smallest absolute Gasteiger partial charge is 0.253 e. The summed E-state index contributed by atoms with van der Waals surface area (Å²) in [5, 5.41) is 2.73. The van der Waals surface area contributed by atoms with Gasteiger partial charge >= 0.3 is 0 Å². The summed E-state index contributed by atoms with van der Waals surface area (Å²) in [6, 6.07) is 19.8. The van der Waals surface area contributed by atoms with Gasteiger partial charge in [-0.25, -0.2) is 4.98 Å². The van der Waals surface area contributed by atoms with E-state index in [9.17, 15) is 14.4 Å². The minimum Gasteiger partial charge on any atom is -0.354 e. The highest BCUT2D eigenvalue weighted by molar-refractivity contribution is 5.97. The second-order valence-electron chi connectivity index (χ2n) is 6.31. The summed E-state index contributed by atoms with van der Waals surface area (Å²) in [5.74, 6) is -0.279. The molecule has 1 N–H and O–H groups in total. The molecular weight excluding hydrogens is 354 g/mol. The molecule has 0 saturated carbocycles. The lowest BCUT2D eigenvalue weighted by Crippen LogP contribution is -2.31. The number of hydrogen-bond donors (Lipinski definition) is 1. The molecule has 0 saturated heterocycles. The minimum atomic E-state index is -0.216. The van der Waals surface area contributed by atoms with E-state index in [1.165, 1.54) is 17.0 Å². The maximum absolute atomic E-state index is 12.2. The van der Waals surface area contributed by atoms with E-state index in [0.29, 0.717) is 24.3 Å². The van der Waals surface area contributed by atoms with Gasteiger partial charge in [-0.2, -0.15) is 0 Å². The number of aromatic nitrogens is 2. The maximum atomic E-state index is 12.2. The number of Topliss-reactive ketones (excluding diaryl/α,β-unsaturated/α-hetero) is 1. The number of ketones is 1. The third-order valence-corrected chi connectivity index (χ3v) is 4.30. The first-order valence-corrected chi connectivity index (χ1v) is 9.10. The number of carbonyl (C=O) groups is 2. The van der Waals surface area contributed by atoms with Gasteiger partial charge in [-0.3, -0.25) is 19.0 Å². The molecule has 0 unspecified atom stereocenters. The van der Waals surface area contributed by atoms with Crippen LogP contribution in [0.5, 0.6) is 0 Å². The van der Waals surface area contributed by atoms with Gasteiger partial charge in [0.25, 0.3) is 5.56 Å². The van der Waals surface area contributed by atoms with E-state index in [0.717, 1.165) is 5.56 Å². The topological polar surface area (TPSA) is 81.1 Å². The molecule has 3 rings (SSSR count). The molecule has 1 heterocycles. The Kier molecular flexibility index (Phi) is 6.46. The molecule has 1 amide bonds. The average Bonchev–Trinajstić information content (AvgIpc) is 2.74. The van der Waals surface area contributed by atoms with Gasteiger partial charge in [0.2, 0.25) is 5.91 Å². The monoisotopic (exact) mass is 375 g/mol. The second kappa shape index (κ2) is 9.41.